The maximum atomic E-state index is 12.8. The van der Waals surface area contributed by atoms with Gasteiger partial charge in [0.25, 0.3) is 0 Å². The predicted octanol–water partition coefficient (Wildman–Crippen LogP) is 3.97. The largest absolute Gasteiger partial charge is 0.508 e. The van der Waals surface area contributed by atoms with Gasteiger partial charge in [-0.25, -0.2) is 0 Å². The third-order valence-electron chi connectivity index (χ3n) is 3.46. The minimum atomic E-state index is -2.40. The van der Waals surface area contributed by atoms with Crippen LogP contribution in [0.4, 0.5) is 0 Å². The first kappa shape index (κ1) is 15.6. The van der Waals surface area contributed by atoms with Crippen molar-refractivity contribution >= 4 is 15.4 Å². The highest BCUT2D eigenvalue weighted by molar-refractivity contribution is 7.99. The highest BCUT2D eigenvalue weighted by atomic mass is 32.2. The van der Waals surface area contributed by atoms with Gasteiger partial charge in [-0.15, -0.1) is 0 Å². The first-order chi connectivity index (χ1) is 9.68. The Bertz CT molecular complexity index is 721. The zero-order valence-corrected chi connectivity index (χ0v) is 13.6. The molecular formula is C18H22O2S. The number of phenolic OH excluding ortho intramolecular Hbond substituents is 1. The van der Waals surface area contributed by atoms with Gasteiger partial charge in [-0.2, -0.15) is 0 Å². The first-order valence-electron chi connectivity index (χ1n) is 6.92. The van der Waals surface area contributed by atoms with Crippen LogP contribution in [0.5, 0.6) is 5.75 Å². The summed E-state index contributed by atoms with van der Waals surface area (Å²) in [5, 5.41) is 9.49. The zero-order chi connectivity index (χ0) is 15.7. The summed E-state index contributed by atoms with van der Waals surface area (Å²) in [7, 11) is -2.40. The molecule has 0 aromatic heterocycles. The SMILES string of the molecule is C=S(=O)(Cc1cccc(O)c1)c1ccc(C(C)(C)C)cc1. The quantitative estimate of drug-likeness (QED) is 0.871. The standard InChI is InChI=1S/C18H22O2S/c1-18(2,3)15-8-10-17(11-9-15)21(4,20)13-14-6-5-7-16(19)12-14/h5-12,19H,4,13H2,1-3H3. The molecule has 21 heavy (non-hydrogen) atoms. The molecular weight excluding hydrogens is 280 g/mol. The molecule has 0 aliphatic carbocycles. The van der Waals surface area contributed by atoms with Crippen LogP contribution in [0.15, 0.2) is 53.4 Å². The topological polar surface area (TPSA) is 37.3 Å². The van der Waals surface area contributed by atoms with Crippen LogP contribution >= 0.6 is 0 Å². The predicted molar refractivity (Wildman–Crippen MR) is 90.5 cm³/mol. The molecule has 2 rings (SSSR count). The summed E-state index contributed by atoms with van der Waals surface area (Å²) in [5.74, 6) is 4.42. The van der Waals surface area contributed by atoms with E-state index in [9.17, 15) is 9.32 Å². The fourth-order valence-electron chi connectivity index (χ4n) is 2.20. The van der Waals surface area contributed by atoms with Crippen molar-refractivity contribution < 1.29 is 9.32 Å². The summed E-state index contributed by atoms with van der Waals surface area (Å²) >= 11 is 0. The van der Waals surface area contributed by atoms with Gasteiger partial charge >= 0.3 is 0 Å². The zero-order valence-electron chi connectivity index (χ0n) is 12.8. The lowest BCUT2D eigenvalue weighted by Crippen LogP contribution is -2.11. The molecule has 0 radical (unpaired) electrons. The summed E-state index contributed by atoms with van der Waals surface area (Å²) in [4.78, 5) is 0.749. The van der Waals surface area contributed by atoms with Gasteiger partial charge in [0, 0.05) is 20.2 Å². The maximum Gasteiger partial charge on any atom is 0.115 e. The van der Waals surface area contributed by atoms with E-state index in [1.165, 1.54) is 5.56 Å². The van der Waals surface area contributed by atoms with Crippen LogP contribution < -0.4 is 0 Å². The van der Waals surface area contributed by atoms with E-state index in [1.807, 2.05) is 30.3 Å². The number of phenols is 1. The van der Waals surface area contributed by atoms with Crippen molar-refractivity contribution in [3.05, 3.63) is 59.7 Å². The molecule has 112 valence electrons. The number of hydrogen-bond acceptors (Lipinski definition) is 2. The molecule has 0 aliphatic heterocycles. The first-order valence-corrected chi connectivity index (χ1v) is 8.81. The number of aromatic hydroxyl groups is 1. The van der Waals surface area contributed by atoms with Gasteiger partial charge in [-0.1, -0.05) is 45.0 Å². The van der Waals surface area contributed by atoms with Gasteiger partial charge < -0.3 is 5.11 Å². The minimum absolute atomic E-state index is 0.0752. The Morgan fingerprint density at radius 2 is 1.71 bits per heavy atom. The van der Waals surface area contributed by atoms with Crippen molar-refractivity contribution in [2.75, 3.05) is 0 Å². The van der Waals surface area contributed by atoms with Crippen LogP contribution in [0.1, 0.15) is 31.9 Å². The molecule has 2 aromatic rings. The van der Waals surface area contributed by atoms with Gasteiger partial charge in [0.05, 0.1) is 0 Å². The van der Waals surface area contributed by atoms with Gasteiger partial charge in [0.15, 0.2) is 0 Å². The number of benzene rings is 2. The van der Waals surface area contributed by atoms with Crippen molar-refractivity contribution in [1.29, 1.82) is 0 Å². The average molecular weight is 302 g/mol. The summed E-state index contributed by atoms with van der Waals surface area (Å²) in [6, 6.07) is 14.7. The van der Waals surface area contributed by atoms with Crippen LogP contribution in [0.25, 0.3) is 0 Å². The molecule has 0 bridgehead atoms. The van der Waals surface area contributed by atoms with E-state index in [4.69, 9.17) is 0 Å². The molecule has 0 saturated carbocycles. The van der Waals surface area contributed by atoms with Gasteiger partial charge in [0.2, 0.25) is 0 Å². The average Bonchev–Trinajstić information content (AvgIpc) is 2.37. The lowest BCUT2D eigenvalue weighted by Gasteiger charge is -2.19. The van der Waals surface area contributed by atoms with Crippen LogP contribution in [-0.2, 0) is 20.7 Å². The van der Waals surface area contributed by atoms with Crippen molar-refractivity contribution in [2.24, 2.45) is 0 Å². The van der Waals surface area contributed by atoms with E-state index >= 15 is 0 Å². The van der Waals surface area contributed by atoms with Gasteiger partial charge in [-0.3, -0.25) is 4.21 Å². The van der Waals surface area contributed by atoms with E-state index in [2.05, 4.69) is 26.6 Å². The molecule has 0 saturated heterocycles. The molecule has 3 heteroatoms. The third-order valence-corrected chi connectivity index (χ3v) is 5.39. The third kappa shape index (κ3) is 3.88. The molecule has 0 fully saturated rings. The monoisotopic (exact) mass is 302 g/mol. The van der Waals surface area contributed by atoms with E-state index in [1.54, 1.807) is 18.2 Å². The second-order valence-electron chi connectivity index (χ2n) is 6.40. The summed E-state index contributed by atoms with van der Waals surface area (Å²) in [6.07, 6.45) is 0. The maximum absolute atomic E-state index is 12.8. The normalized spacial score (nSPS) is 14.6. The van der Waals surface area contributed by atoms with E-state index in [0.29, 0.717) is 5.75 Å². The molecule has 2 aromatic carbocycles. The molecule has 0 amide bonds. The fraction of sp³-hybridized carbons (Fsp3) is 0.278. The molecule has 0 aliphatic rings. The lowest BCUT2D eigenvalue weighted by atomic mass is 9.87. The molecule has 0 spiro atoms. The Balaban J connectivity index is 2.28. The lowest BCUT2D eigenvalue weighted by molar-refractivity contribution is 0.475. The number of hydrogen-bond donors (Lipinski definition) is 1. The van der Waals surface area contributed by atoms with Crippen LogP contribution in [0.3, 0.4) is 0 Å². The minimum Gasteiger partial charge on any atom is -0.508 e. The second-order valence-corrected chi connectivity index (χ2v) is 8.78. The van der Waals surface area contributed by atoms with E-state index in [0.717, 1.165) is 10.5 Å². The number of rotatable bonds is 3. The van der Waals surface area contributed by atoms with Crippen LogP contribution in [0, 0.1) is 0 Å². The molecule has 1 unspecified atom stereocenters. The highest BCUT2D eigenvalue weighted by Gasteiger charge is 2.15. The van der Waals surface area contributed by atoms with Crippen LogP contribution in [0.2, 0.25) is 0 Å². The summed E-state index contributed by atoms with van der Waals surface area (Å²) in [5.41, 5.74) is 2.11. The molecule has 0 heterocycles. The van der Waals surface area contributed by atoms with Crippen molar-refractivity contribution in [3.63, 3.8) is 0 Å². The molecule has 1 atom stereocenters. The van der Waals surface area contributed by atoms with Crippen LogP contribution in [-0.4, -0.2) is 15.2 Å². The molecule has 1 N–H and O–H groups in total. The summed E-state index contributed by atoms with van der Waals surface area (Å²) < 4.78 is 12.8. The Hall–Kier alpha value is -1.74. The smallest absolute Gasteiger partial charge is 0.115 e. The Morgan fingerprint density at radius 3 is 2.24 bits per heavy atom. The van der Waals surface area contributed by atoms with Crippen molar-refractivity contribution in [2.45, 2.75) is 36.8 Å². The molecule has 2 nitrogen and oxygen atoms in total. The fourth-order valence-corrected chi connectivity index (χ4v) is 3.72. The Morgan fingerprint density at radius 1 is 1.10 bits per heavy atom. The second kappa shape index (κ2) is 5.57. The summed E-state index contributed by atoms with van der Waals surface area (Å²) in [6.45, 7) is 6.45. The van der Waals surface area contributed by atoms with Gasteiger partial charge in [0.1, 0.15) is 5.75 Å². The Kier molecular flexibility index (Phi) is 4.15. The van der Waals surface area contributed by atoms with Crippen molar-refractivity contribution in [3.8, 4) is 5.75 Å². The van der Waals surface area contributed by atoms with E-state index in [-0.39, 0.29) is 11.2 Å². The van der Waals surface area contributed by atoms with Crippen molar-refractivity contribution in [1.82, 2.24) is 0 Å². The highest BCUT2D eigenvalue weighted by Crippen LogP contribution is 2.25. The Labute approximate surface area is 127 Å². The van der Waals surface area contributed by atoms with Gasteiger partial charge in [-0.05, 0) is 46.7 Å². The van der Waals surface area contributed by atoms with E-state index < -0.39 is 9.52 Å².